The van der Waals surface area contributed by atoms with Crippen molar-refractivity contribution in [2.45, 2.75) is 18.9 Å². The van der Waals surface area contributed by atoms with E-state index in [2.05, 4.69) is 32.3 Å². The van der Waals surface area contributed by atoms with E-state index in [4.69, 9.17) is 28.6 Å². The van der Waals surface area contributed by atoms with Crippen LogP contribution < -0.4 is 16.5 Å². The van der Waals surface area contributed by atoms with E-state index in [1.165, 1.54) is 21.9 Å². The second kappa shape index (κ2) is 9.67. The molecule has 1 aliphatic carbocycles. The highest BCUT2D eigenvalue weighted by atomic mass is 35.5. The fourth-order valence-corrected chi connectivity index (χ4v) is 5.24. The Hall–Kier alpha value is -3.24. The van der Waals surface area contributed by atoms with E-state index in [9.17, 15) is 9.90 Å². The maximum absolute atomic E-state index is 13.2. The Balaban J connectivity index is 1.49. The van der Waals surface area contributed by atoms with Gasteiger partial charge in [-0.05, 0) is 55.3 Å². The first-order chi connectivity index (χ1) is 17.3. The van der Waals surface area contributed by atoms with E-state index in [1.807, 2.05) is 13.1 Å². The number of nitrogens with one attached hydrogen (secondary N) is 2. The summed E-state index contributed by atoms with van der Waals surface area (Å²) in [7, 11) is 3.61. The zero-order valence-electron chi connectivity index (χ0n) is 19.8. The molecule has 0 amide bonds. The van der Waals surface area contributed by atoms with Crippen LogP contribution in [0.4, 0.5) is 11.6 Å². The van der Waals surface area contributed by atoms with Gasteiger partial charge in [-0.15, -0.1) is 0 Å². The van der Waals surface area contributed by atoms with Gasteiger partial charge in [0.05, 0.1) is 27.7 Å². The Morgan fingerprint density at radius 3 is 2.64 bits per heavy atom. The molecule has 1 atom stereocenters. The third-order valence-corrected chi connectivity index (χ3v) is 7.26. The van der Waals surface area contributed by atoms with E-state index in [1.54, 1.807) is 25.2 Å². The average molecular weight is 526 g/mol. The summed E-state index contributed by atoms with van der Waals surface area (Å²) in [5.74, 6) is 0.317. The molecule has 2 aromatic heterocycles. The van der Waals surface area contributed by atoms with Crippen molar-refractivity contribution in [3.8, 4) is 5.69 Å². The van der Waals surface area contributed by atoms with Crippen molar-refractivity contribution in [1.29, 1.82) is 5.41 Å². The lowest BCUT2D eigenvalue weighted by Crippen LogP contribution is -2.38. The fraction of sp³-hybridized carbons (Fsp3) is 0.280. The largest absolute Gasteiger partial charge is 0.395 e. The number of likely N-dealkylation sites (N-methyl/N-ethyl adjacent to an activating group) is 1. The van der Waals surface area contributed by atoms with Crippen molar-refractivity contribution in [3.63, 3.8) is 0 Å². The molecule has 186 valence electrons. The number of rotatable bonds is 6. The number of benzene rings is 2. The van der Waals surface area contributed by atoms with E-state index < -0.39 is 5.69 Å². The van der Waals surface area contributed by atoms with Gasteiger partial charge in [-0.3, -0.25) is 9.98 Å². The number of aromatic nitrogens is 4. The van der Waals surface area contributed by atoms with E-state index in [-0.39, 0.29) is 27.8 Å². The molecule has 0 aliphatic heterocycles. The molecule has 2 heterocycles. The Kier molecular flexibility index (Phi) is 6.57. The van der Waals surface area contributed by atoms with Gasteiger partial charge in [-0.25, -0.2) is 14.3 Å². The number of para-hydroxylation sites is 1. The molecule has 0 saturated heterocycles. The standard InChI is InChI=1S/C25H25Cl2N7O2/c1-32(8-9-35)17-11-14-6-7-16(10-15(14)12-17)30-24-29-13-18-22(28)34(25(36)33(2)23(18)31-24)21-19(26)4-3-5-20(21)27/h3-7,10,13,17,28,35H,8-9,11-12H2,1-2H3,(H,29,30,31)/t17-/m0/s1. The predicted molar refractivity (Wildman–Crippen MR) is 141 cm³/mol. The van der Waals surface area contributed by atoms with Crippen LogP contribution in [-0.4, -0.2) is 55.3 Å². The summed E-state index contributed by atoms with van der Waals surface area (Å²) < 4.78 is 2.51. The Bertz CT molecular complexity index is 1580. The third-order valence-electron chi connectivity index (χ3n) is 6.65. The number of aliphatic hydroxyl groups is 1. The Morgan fingerprint density at radius 1 is 1.19 bits per heavy atom. The number of aryl methyl sites for hydroxylation is 1. The summed E-state index contributed by atoms with van der Waals surface area (Å²) in [4.78, 5) is 24.3. The van der Waals surface area contributed by atoms with Gasteiger partial charge in [0.25, 0.3) is 0 Å². The summed E-state index contributed by atoms with van der Waals surface area (Å²) in [6.07, 6.45) is 3.37. The number of hydrogen-bond donors (Lipinski definition) is 3. The van der Waals surface area contributed by atoms with Gasteiger partial charge >= 0.3 is 5.69 Å². The van der Waals surface area contributed by atoms with Gasteiger partial charge in [0.15, 0.2) is 5.65 Å². The first-order valence-electron chi connectivity index (χ1n) is 11.5. The summed E-state index contributed by atoms with van der Waals surface area (Å²) in [6, 6.07) is 11.4. The molecule has 2 aromatic carbocycles. The van der Waals surface area contributed by atoms with Gasteiger partial charge < -0.3 is 15.3 Å². The molecular weight excluding hydrogens is 501 g/mol. The SMILES string of the molecule is CN(CCO)[C@H]1Cc2ccc(Nc3ncc4c(=N)n(-c5c(Cl)cccc5Cl)c(=O)n(C)c4n3)cc2C1. The molecule has 0 fully saturated rings. The molecule has 0 saturated carbocycles. The number of hydrogen-bond acceptors (Lipinski definition) is 7. The maximum atomic E-state index is 13.2. The van der Waals surface area contributed by atoms with Gasteiger partial charge in [0, 0.05) is 31.5 Å². The van der Waals surface area contributed by atoms with E-state index >= 15 is 0 Å². The van der Waals surface area contributed by atoms with Crippen LogP contribution in [0.2, 0.25) is 10.0 Å². The Morgan fingerprint density at radius 2 is 1.92 bits per heavy atom. The minimum atomic E-state index is -0.497. The van der Waals surface area contributed by atoms with Crippen molar-refractivity contribution in [1.82, 2.24) is 24.0 Å². The molecule has 4 aromatic rings. The predicted octanol–water partition coefficient (Wildman–Crippen LogP) is 3.04. The second-order valence-corrected chi connectivity index (χ2v) is 9.72. The highest BCUT2D eigenvalue weighted by Crippen LogP contribution is 2.29. The molecule has 0 spiro atoms. The minimum absolute atomic E-state index is 0.106. The molecule has 9 nitrogen and oxygen atoms in total. The minimum Gasteiger partial charge on any atom is -0.395 e. The molecule has 36 heavy (non-hydrogen) atoms. The normalized spacial score (nSPS) is 15.0. The van der Waals surface area contributed by atoms with Crippen molar-refractivity contribution >= 4 is 45.9 Å². The monoisotopic (exact) mass is 525 g/mol. The summed E-state index contributed by atoms with van der Waals surface area (Å²) >= 11 is 12.6. The van der Waals surface area contributed by atoms with Crippen LogP contribution in [0.3, 0.4) is 0 Å². The zero-order valence-corrected chi connectivity index (χ0v) is 21.3. The number of aliphatic hydroxyl groups excluding tert-OH is 1. The molecule has 0 radical (unpaired) electrons. The number of halogens is 2. The molecule has 1 aliphatic rings. The van der Waals surface area contributed by atoms with Crippen LogP contribution in [0, 0.1) is 5.41 Å². The fourth-order valence-electron chi connectivity index (χ4n) is 4.68. The topological polar surface area (TPSA) is 112 Å². The van der Waals surface area contributed by atoms with Crippen LogP contribution in [0.15, 0.2) is 47.4 Å². The molecule has 5 rings (SSSR count). The van der Waals surface area contributed by atoms with Crippen LogP contribution in [0.25, 0.3) is 16.7 Å². The molecule has 0 bridgehead atoms. The lowest BCUT2D eigenvalue weighted by molar-refractivity contribution is 0.183. The molecular formula is C25H25Cl2N7O2. The second-order valence-electron chi connectivity index (χ2n) is 8.90. The van der Waals surface area contributed by atoms with Crippen LogP contribution in [-0.2, 0) is 19.9 Å². The maximum Gasteiger partial charge on any atom is 0.335 e. The smallest absolute Gasteiger partial charge is 0.335 e. The number of fused-ring (bicyclic) bond motifs is 2. The van der Waals surface area contributed by atoms with Gasteiger partial charge in [-0.1, -0.05) is 35.3 Å². The lowest BCUT2D eigenvalue weighted by Gasteiger charge is -2.22. The highest BCUT2D eigenvalue weighted by molar-refractivity contribution is 6.37. The first-order valence-corrected chi connectivity index (χ1v) is 12.2. The lowest BCUT2D eigenvalue weighted by atomic mass is 10.1. The Labute approximate surface area is 217 Å². The summed E-state index contributed by atoms with van der Waals surface area (Å²) in [5.41, 5.74) is 3.33. The third kappa shape index (κ3) is 4.28. The van der Waals surface area contributed by atoms with Gasteiger partial charge in [-0.2, -0.15) is 4.98 Å². The highest BCUT2D eigenvalue weighted by Gasteiger charge is 2.25. The number of anilines is 2. The van der Waals surface area contributed by atoms with Crippen LogP contribution in [0.5, 0.6) is 0 Å². The zero-order chi connectivity index (χ0) is 25.6. The van der Waals surface area contributed by atoms with Gasteiger partial charge in [0.1, 0.15) is 5.49 Å². The van der Waals surface area contributed by atoms with Gasteiger partial charge in [0.2, 0.25) is 5.95 Å². The van der Waals surface area contributed by atoms with Crippen LogP contribution in [0.1, 0.15) is 11.1 Å². The van der Waals surface area contributed by atoms with E-state index in [0.29, 0.717) is 29.6 Å². The van der Waals surface area contributed by atoms with Crippen molar-refractivity contribution in [2.75, 3.05) is 25.5 Å². The van der Waals surface area contributed by atoms with Crippen LogP contribution >= 0.6 is 23.2 Å². The van der Waals surface area contributed by atoms with Crippen molar-refractivity contribution < 1.29 is 5.11 Å². The molecule has 11 heteroatoms. The number of nitrogens with zero attached hydrogens (tertiary/aromatic N) is 5. The summed E-state index contributed by atoms with van der Waals surface area (Å²) in [6.45, 7) is 0.789. The van der Waals surface area contributed by atoms with Crippen molar-refractivity contribution in [2.24, 2.45) is 7.05 Å². The average Bonchev–Trinajstić information content (AvgIpc) is 3.28. The summed E-state index contributed by atoms with van der Waals surface area (Å²) in [5, 5.41) is 22.0. The van der Waals surface area contributed by atoms with E-state index in [0.717, 1.165) is 23.1 Å². The first kappa shape index (κ1) is 24.5. The molecule has 0 unspecified atom stereocenters. The quantitative estimate of drug-likeness (QED) is 0.356. The molecule has 3 N–H and O–H groups in total. The van der Waals surface area contributed by atoms with Crippen molar-refractivity contribution in [3.05, 3.63) is 79.7 Å².